The summed E-state index contributed by atoms with van der Waals surface area (Å²) >= 11 is 0. The SMILES string of the molecule is N#Cc1ccc(OCC(=O)NCC2CC2)cc1F. The molecule has 1 aliphatic carbocycles. The number of halogens is 1. The molecule has 4 nitrogen and oxygen atoms in total. The standard InChI is InChI=1S/C13H13FN2O2/c14-12-5-11(4-3-10(12)6-15)18-8-13(17)16-7-9-1-2-9/h3-5,9H,1-2,7-8H2,(H,16,17). The highest BCUT2D eigenvalue weighted by Crippen LogP contribution is 2.27. The van der Waals surface area contributed by atoms with E-state index in [0.717, 1.165) is 6.07 Å². The van der Waals surface area contributed by atoms with E-state index in [9.17, 15) is 9.18 Å². The second-order valence-corrected chi connectivity index (χ2v) is 4.29. The van der Waals surface area contributed by atoms with Crippen molar-refractivity contribution in [2.75, 3.05) is 13.2 Å². The van der Waals surface area contributed by atoms with Crippen molar-refractivity contribution in [2.24, 2.45) is 5.92 Å². The molecular formula is C13H13FN2O2. The van der Waals surface area contributed by atoms with Crippen molar-refractivity contribution in [1.29, 1.82) is 5.26 Å². The first-order valence-electron chi connectivity index (χ1n) is 5.78. The van der Waals surface area contributed by atoms with Crippen LogP contribution in [0.3, 0.4) is 0 Å². The first kappa shape index (κ1) is 12.4. The van der Waals surface area contributed by atoms with Crippen molar-refractivity contribution in [3.8, 4) is 11.8 Å². The Morgan fingerprint density at radius 3 is 2.94 bits per heavy atom. The summed E-state index contributed by atoms with van der Waals surface area (Å²) in [5, 5.41) is 11.3. The summed E-state index contributed by atoms with van der Waals surface area (Å²) in [6.45, 7) is 0.544. The highest BCUT2D eigenvalue weighted by atomic mass is 19.1. The highest BCUT2D eigenvalue weighted by molar-refractivity contribution is 5.77. The van der Waals surface area contributed by atoms with Crippen molar-refractivity contribution in [3.05, 3.63) is 29.6 Å². The molecular weight excluding hydrogens is 235 g/mol. The lowest BCUT2D eigenvalue weighted by Crippen LogP contribution is -2.30. The van der Waals surface area contributed by atoms with E-state index in [1.54, 1.807) is 6.07 Å². The average Bonchev–Trinajstić information content (AvgIpc) is 3.18. The van der Waals surface area contributed by atoms with Gasteiger partial charge in [-0.15, -0.1) is 0 Å². The van der Waals surface area contributed by atoms with E-state index in [1.165, 1.54) is 25.0 Å². The zero-order valence-electron chi connectivity index (χ0n) is 9.78. The van der Waals surface area contributed by atoms with Gasteiger partial charge in [0.2, 0.25) is 0 Å². The summed E-state index contributed by atoms with van der Waals surface area (Å²) in [4.78, 5) is 11.4. The van der Waals surface area contributed by atoms with Crippen LogP contribution in [0.1, 0.15) is 18.4 Å². The molecule has 1 aromatic rings. The lowest BCUT2D eigenvalue weighted by Gasteiger charge is -2.07. The molecule has 94 valence electrons. The van der Waals surface area contributed by atoms with Crippen LogP contribution in [-0.4, -0.2) is 19.1 Å². The van der Waals surface area contributed by atoms with Gasteiger partial charge in [-0.2, -0.15) is 5.26 Å². The van der Waals surface area contributed by atoms with E-state index >= 15 is 0 Å². The van der Waals surface area contributed by atoms with Crippen molar-refractivity contribution in [1.82, 2.24) is 5.32 Å². The molecule has 0 aliphatic heterocycles. The maximum absolute atomic E-state index is 13.2. The molecule has 1 N–H and O–H groups in total. The molecule has 0 heterocycles. The van der Waals surface area contributed by atoms with Gasteiger partial charge in [-0.1, -0.05) is 0 Å². The Labute approximate surface area is 104 Å². The minimum Gasteiger partial charge on any atom is -0.484 e. The summed E-state index contributed by atoms with van der Waals surface area (Å²) in [6.07, 6.45) is 2.34. The van der Waals surface area contributed by atoms with Gasteiger partial charge in [-0.3, -0.25) is 4.79 Å². The van der Waals surface area contributed by atoms with Crippen LogP contribution in [0, 0.1) is 23.1 Å². The van der Waals surface area contributed by atoms with Gasteiger partial charge in [0.15, 0.2) is 6.61 Å². The Balaban J connectivity index is 1.80. The normalized spacial score (nSPS) is 13.8. The number of carbonyl (C=O) groups excluding carboxylic acids is 1. The average molecular weight is 248 g/mol. The fourth-order valence-corrected chi connectivity index (χ4v) is 1.46. The monoisotopic (exact) mass is 248 g/mol. The molecule has 0 atom stereocenters. The Morgan fingerprint density at radius 1 is 1.56 bits per heavy atom. The second kappa shape index (κ2) is 5.50. The van der Waals surface area contributed by atoms with Crippen LogP contribution in [0.25, 0.3) is 0 Å². The topological polar surface area (TPSA) is 62.1 Å². The minimum absolute atomic E-state index is 0.0412. The third kappa shape index (κ3) is 3.45. The number of rotatable bonds is 5. The van der Waals surface area contributed by atoms with Gasteiger partial charge in [0.25, 0.3) is 5.91 Å². The number of carbonyl (C=O) groups is 1. The third-order valence-corrected chi connectivity index (χ3v) is 2.72. The van der Waals surface area contributed by atoms with E-state index in [-0.39, 0.29) is 23.8 Å². The molecule has 18 heavy (non-hydrogen) atoms. The van der Waals surface area contributed by atoms with E-state index < -0.39 is 5.82 Å². The van der Waals surface area contributed by atoms with Gasteiger partial charge < -0.3 is 10.1 Å². The summed E-state index contributed by atoms with van der Waals surface area (Å²) in [5.41, 5.74) is -0.0412. The summed E-state index contributed by atoms with van der Waals surface area (Å²) in [5.74, 6) is -0.00515. The van der Waals surface area contributed by atoms with E-state index in [2.05, 4.69) is 5.32 Å². The molecule has 1 aliphatic rings. The second-order valence-electron chi connectivity index (χ2n) is 4.29. The maximum atomic E-state index is 13.2. The maximum Gasteiger partial charge on any atom is 0.257 e. The number of hydrogen-bond acceptors (Lipinski definition) is 3. The number of hydrogen-bond donors (Lipinski definition) is 1. The highest BCUT2D eigenvalue weighted by Gasteiger charge is 2.21. The number of amides is 1. The molecule has 1 amide bonds. The molecule has 5 heteroatoms. The minimum atomic E-state index is -0.645. The number of nitrogens with zero attached hydrogens (tertiary/aromatic N) is 1. The Bertz CT molecular complexity index is 492. The van der Waals surface area contributed by atoms with Gasteiger partial charge in [0.05, 0.1) is 5.56 Å². The largest absolute Gasteiger partial charge is 0.484 e. The molecule has 0 aromatic heterocycles. The quantitative estimate of drug-likeness (QED) is 0.861. The molecule has 0 bridgehead atoms. The summed E-state index contributed by atoms with van der Waals surface area (Å²) < 4.78 is 18.4. The van der Waals surface area contributed by atoms with Crippen LogP contribution < -0.4 is 10.1 Å². The lowest BCUT2D eigenvalue weighted by atomic mass is 10.2. The first-order chi connectivity index (χ1) is 8.69. The van der Waals surface area contributed by atoms with Crippen molar-refractivity contribution >= 4 is 5.91 Å². The van der Waals surface area contributed by atoms with Crippen molar-refractivity contribution < 1.29 is 13.9 Å². The molecule has 0 unspecified atom stereocenters. The van der Waals surface area contributed by atoms with Crippen LogP contribution in [0.2, 0.25) is 0 Å². The summed E-state index contributed by atoms with van der Waals surface area (Å²) in [7, 11) is 0. The smallest absolute Gasteiger partial charge is 0.257 e. The van der Waals surface area contributed by atoms with E-state index in [4.69, 9.17) is 10.00 Å². The predicted octanol–water partition coefficient (Wildman–Crippen LogP) is 1.60. The third-order valence-electron chi connectivity index (χ3n) is 2.72. The van der Waals surface area contributed by atoms with Crippen LogP contribution >= 0.6 is 0 Å². The molecule has 0 radical (unpaired) electrons. The van der Waals surface area contributed by atoms with Gasteiger partial charge in [-0.05, 0) is 30.9 Å². The van der Waals surface area contributed by atoms with Crippen LogP contribution in [-0.2, 0) is 4.79 Å². The molecule has 0 saturated heterocycles. The predicted molar refractivity (Wildman–Crippen MR) is 62.3 cm³/mol. The number of benzene rings is 1. The zero-order chi connectivity index (χ0) is 13.0. The lowest BCUT2D eigenvalue weighted by molar-refractivity contribution is -0.123. The van der Waals surface area contributed by atoms with Gasteiger partial charge in [-0.25, -0.2) is 4.39 Å². The Kier molecular flexibility index (Phi) is 3.78. The van der Waals surface area contributed by atoms with Crippen LogP contribution in [0.15, 0.2) is 18.2 Å². The van der Waals surface area contributed by atoms with E-state index in [1.807, 2.05) is 0 Å². The number of ether oxygens (including phenoxy) is 1. The number of nitriles is 1. The van der Waals surface area contributed by atoms with Gasteiger partial charge >= 0.3 is 0 Å². The van der Waals surface area contributed by atoms with Gasteiger partial charge in [0.1, 0.15) is 17.6 Å². The van der Waals surface area contributed by atoms with E-state index in [0.29, 0.717) is 12.5 Å². The molecule has 1 fully saturated rings. The van der Waals surface area contributed by atoms with Crippen molar-refractivity contribution in [2.45, 2.75) is 12.8 Å². The van der Waals surface area contributed by atoms with Gasteiger partial charge in [0, 0.05) is 12.6 Å². The summed E-state index contributed by atoms with van der Waals surface area (Å²) in [6, 6.07) is 5.62. The molecule has 1 aromatic carbocycles. The Morgan fingerprint density at radius 2 is 2.33 bits per heavy atom. The number of nitrogens with one attached hydrogen (secondary N) is 1. The Hall–Kier alpha value is -2.09. The first-order valence-corrected chi connectivity index (χ1v) is 5.78. The molecule has 0 spiro atoms. The molecule has 2 rings (SSSR count). The van der Waals surface area contributed by atoms with Crippen molar-refractivity contribution in [3.63, 3.8) is 0 Å². The zero-order valence-corrected chi connectivity index (χ0v) is 9.78. The fraction of sp³-hybridized carbons (Fsp3) is 0.385. The fourth-order valence-electron chi connectivity index (χ4n) is 1.46. The van der Waals surface area contributed by atoms with Crippen LogP contribution in [0.4, 0.5) is 4.39 Å². The molecule has 1 saturated carbocycles. The van der Waals surface area contributed by atoms with Crippen LogP contribution in [0.5, 0.6) is 5.75 Å².